The zero-order valence-corrected chi connectivity index (χ0v) is 12.1. The molecule has 1 aromatic heterocycles. The van der Waals surface area contributed by atoms with Crippen molar-refractivity contribution in [2.45, 2.75) is 24.5 Å². The van der Waals surface area contributed by atoms with E-state index in [0.717, 1.165) is 17.8 Å². The molecule has 1 aliphatic heterocycles. The summed E-state index contributed by atoms with van der Waals surface area (Å²) in [5, 5.41) is 8.75. The Morgan fingerprint density at radius 3 is 2.72 bits per heavy atom. The molecule has 0 spiro atoms. The van der Waals surface area contributed by atoms with Crippen molar-refractivity contribution in [3.8, 4) is 6.07 Å². The van der Waals surface area contributed by atoms with E-state index in [9.17, 15) is 8.42 Å². The zero-order valence-electron chi connectivity index (χ0n) is 10.5. The minimum absolute atomic E-state index is 0.281. The molecule has 0 N–H and O–H groups in total. The van der Waals surface area contributed by atoms with Crippen LogP contribution in [0.25, 0.3) is 0 Å². The number of hydrogen-bond donors (Lipinski definition) is 0. The lowest BCUT2D eigenvalue weighted by atomic mass is 9.96. The monoisotopic (exact) mass is 284 g/mol. The molecule has 1 aromatic rings. The van der Waals surface area contributed by atoms with Crippen LogP contribution in [0.4, 0.5) is 0 Å². The van der Waals surface area contributed by atoms with E-state index in [1.165, 1.54) is 6.07 Å². The lowest BCUT2D eigenvalue weighted by Crippen LogP contribution is -2.28. The molecule has 0 radical (unpaired) electrons. The number of hydrogen-bond acceptors (Lipinski definition) is 4. The first-order valence-electron chi connectivity index (χ1n) is 5.95. The van der Waals surface area contributed by atoms with Gasteiger partial charge in [-0.25, -0.2) is 8.42 Å². The second-order valence-electron chi connectivity index (χ2n) is 4.89. The number of sulfonamides is 1. The summed E-state index contributed by atoms with van der Waals surface area (Å²) in [5.41, 5.74) is 0. The van der Waals surface area contributed by atoms with Gasteiger partial charge < -0.3 is 0 Å². The quantitative estimate of drug-likeness (QED) is 0.855. The van der Waals surface area contributed by atoms with E-state index in [1.807, 2.05) is 6.07 Å². The van der Waals surface area contributed by atoms with Crippen molar-refractivity contribution in [2.24, 2.45) is 11.8 Å². The van der Waals surface area contributed by atoms with E-state index in [2.05, 4.69) is 13.8 Å². The van der Waals surface area contributed by atoms with Crippen LogP contribution in [0, 0.1) is 23.2 Å². The fourth-order valence-corrected chi connectivity index (χ4v) is 4.93. The first kappa shape index (κ1) is 13.5. The SMILES string of the molecule is CC(C)C1CCN(S(=O)(=O)c2ccc(C#N)s2)C1. The molecule has 98 valence electrons. The highest BCUT2D eigenvalue weighted by Gasteiger charge is 2.34. The Bertz CT molecular complexity index is 569. The summed E-state index contributed by atoms with van der Waals surface area (Å²) < 4.78 is 26.5. The van der Waals surface area contributed by atoms with Gasteiger partial charge in [-0.15, -0.1) is 11.3 Å². The Morgan fingerprint density at radius 1 is 1.50 bits per heavy atom. The molecule has 4 nitrogen and oxygen atoms in total. The molecule has 0 aromatic carbocycles. The van der Waals surface area contributed by atoms with Crippen LogP contribution >= 0.6 is 11.3 Å². The van der Waals surface area contributed by atoms with Gasteiger partial charge in [-0.05, 0) is 30.4 Å². The van der Waals surface area contributed by atoms with Gasteiger partial charge in [-0.1, -0.05) is 13.8 Å². The molecule has 2 heterocycles. The zero-order chi connectivity index (χ0) is 13.3. The standard InChI is InChI=1S/C12H16N2O2S2/c1-9(2)10-5-6-14(8-10)18(15,16)12-4-3-11(7-13)17-12/h3-4,9-10H,5-6,8H2,1-2H3. The number of nitrogens with zero attached hydrogens (tertiary/aromatic N) is 2. The molecule has 1 aliphatic rings. The van der Waals surface area contributed by atoms with Gasteiger partial charge >= 0.3 is 0 Å². The molecular formula is C12H16N2O2S2. The van der Waals surface area contributed by atoms with Gasteiger partial charge in [0.1, 0.15) is 15.2 Å². The third kappa shape index (κ3) is 2.44. The van der Waals surface area contributed by atoms with Crippen LogP contribution in [0.3, 0.4) is 0 Å². The van der Waals surface area contributed by atoms with Crippen LogP contribution in [0.15, 0.2) is 16.3 Å². The molecule has 0 amide bonds. The number of rotatable bonds is 3. The first-order valence-corrected chi connectivity index (χ1v) is 8.21. The summed E-state index contributed by atoms with van der Waals surface area (Å²) >= 11 is 1.05. The van der Waals surface area contributed by atoms with Crippen LogP contribution in [0.2, 0.25) is 0 Å². The van der Waals surface area contributed by atoms with Crippen molar-refractivity contribution in [1.29, 1.82) is 5.26 Å². The Kier molecular flexibility index (Phi) is 3.76. The molecule has 0 aliphatic carbocycles. The van der Waals surface area contributed by atoms with Crippen molar-refractivity contribution in [3.63, 3.8) is 0 Å². The Labute approximate surface area is 112 Å². The van der Waals surface area contributed by atoms with Crippen LogP contribution in [-0.4, -0.2) is 25.8 Å². The molecule has 1 fully saturated rings. The summed E-state index contributed by atoms with van der Waals surface area (Å²) in [5.74, 6) is 0.943. The van der Waals surface area contributed by atoms with E-state index in [1.54, 1.807) is 10.4 Å². The predicted molar refractivity (Wildman–Crippen MR) is 70.7 cm³/mol. The Balaban J connectivity index is 2.20. The fourth-order valence-electron chi connectivity index (χ4n) is 2.16. The number of thiophene rings is 1. The minimum atomic E-state index is -3.39. The van der Waals surface area contributed by atoms with E-state index in [0.29, 0.717) is 29.8 Å². The van der Waals surface area contributed by atoms with E-state index in [4.69, 9.17) is 5.26 Å². The average Bonchev–Trinajstić information content (AvgIpc) is 2.98. The van der Waals surface area contributed by atoms with Crippen molar-refractivity contribution < 1.29 is 8.42 Å². The summed E-state index contributed by atoms with van der Waals surface area (Å²) in [6.07, 6.45) is 0.924. The van der Waals surface area contributed by atoms with Gasteiger partial charge in [0.2, 0.25) is 0 Å². The van der Waals surface area contributed by atoms with Crippen LogP contribution in [0.5, 0.6) is 0 Å². The maximum Gasteiger partial charge on any atom is 0.252 e. The number of nitriles is 1. The van der Waals surface area contributed by atoms with Crippen molar-refractivity contribution >= 4 is 21.4 Å². The van der Waals surface area contributed by atoms with Gasteiger partial charge in [-0.2, -0.15) is 9.57 Å². The van der Waals surface area contributed by atoms with E-state index in [-0.39, 0.29) is 4.21 Å². The highest BCUT2D eigenvalue weighted by molar-refractivity contribution is 7.91. The highest BCUT2D eigenvalue weighted by Crippen LogP contribution is 2.31. The van der Waals surface area contributed by atoms with E-state index >= 15 is 0 Å². The highest BCUT2D eigenvalue weighted by atomic mass is 32.2. The van der Waals surface area contributed by atoms with Gasteiger partial charge in [0.05, 0.1) is 0 Å². The Hall–Kier alpha value is -0.900. The molecule has 1 unspecified atom stereocenters. The third-order valence-electron chi connectivity index (χ3n) is 3.42. The summed E-state index contributed by atoms with van der Waals surface area (Å²) in [6, 6.07) is 5.06. The smallest absolute Gasteiger partial charge is 0.206 e. The predicted octanol–water partition coefficient (Wildman–Crippen LogP) is 2.29. The van der Waals surface area contributed by atoms with Crippen molar-refractivity contribution in [1.82, 2.24) is 4.31 Å². The largest absolute Gasteiger partial charge is 0.252 e. The van der Waals surface area contributed by atoms with Gasteiger partial charge in [-0.3, -0.25) is 0 Å². The van der Waals surface area contributed by atoms with Gasteiger partial charge in [0, 0.05) is 13.1 Å². The molecule has 2 rings (SSSR count). The summed E-state index contributed by atoms with van der Waals surface area (Å²) in [4.78, 5) is 0.438. The topological polar surface area (TPSA) is 61.2 Å². The molecule has 1 atom stereocenters. The summed E-state index contributed by atoms with van der Waals surface area (Å²) in [6.45, 7) is 5.43. The second kappa shape index (κ2) is 5.00. The Morgan fingerprint density at radius 2 is 2.22 bits per heavy atom. The van der Waals surface area contributed by atoms with Crippen LogP contribution < -0.4 is 0 Å². The molecule has 0 bridgehead atoms. The molecular weight excluding hydrogens is 268 g/mol. The van der Waals surface area contributed by atoms with Crippen LogP contribution in [0.1, 0.15) is 25.1 Å². The lowest BCUT2D eigenvalue weighted by molar-refractivity contribution is 0.389. The molecule has 6 heteroatoms. The molecule has 18 heavy (non-hydrogen) atoms. The maximum atomic E-state index is 12.4. The minimum Gasteiger partial charge on any atom is -0.206 e. The third-order valence-corrected chi connectivity index (χ3v) is 6.74. The lowest BCUT2D eigenvalue weighted by Gasteiger charge is -2.17. The van der Waals surface area contributed by atoms with Crippen LogP contribution in [-0.2, 0) is 10.0 Å². The molecule has 1 saturated heterocycles. The van der Waals surface area contributed by atoms with E-state index < -0.39 is 10.0 Å². The van der Waals surface area contributed by atoms with Gasteiger partial charge in [0.15, 0.2) is 0 Å². The fraction of sp³-hybridized carbons (Fsp3) is 0.583. The van der Waals surface area contributed by atoms with Crippen molar-refractivity contribution in [3.05, 3.63) is 17.0 Å². The first-order chi connectivity index (χ1) is 8.45. The van der Waals surface area contributed by atoms with Gasteiger partial charge in [0.25, 0.3) is 10.0 Å². The maximum absolute atomic E-state index is 12.4. The normalized spacial score (nSPS) is 21.3. The van der Waals surface area contributed by atoms with Crippen molar-refractivity contribution in [2.75, 3.05) is 13.1 Å². The molecule has 0 saturated carbocycles. The second-order valence-corrected chi connectivity index (χ2v) is 8.13. The summed E-state index contributed by atoms with van der Waals surface area (Å²) in [7, 11) is -3.39. The average molecular weight is 284 g/mol.